The van der Waals surface area contributed by atoms with Crippen molar-refractivity contribution < 1.29 is 26.3 Å². The molecule has 0 spiro atoms. The largest absolute Gasteiger partial charge is 0.417 e. The lowest BCUT2D eigenvalue weighted by atomic mass is 10.0. The predicted molar refractivity (Wildman–Crippen MR) is 53.7 cm³/mol. The first-order valence-electron chi connectivity index (χ1n) is 4.10. The van der Waals surface area contributed by atoms with E-state index < -0.39 is 34.9 Å². The minimum absolute atomic E-state index is 0.103. The SMILES string of the molecule is FC(F)(F)c1cc(Br)cc(CCl)c1C(F)(F)F. The Labute approximate surface area is 106 Å². The minimum atomic E-state index is -5.10. The molecule has 1 rings (SSSR count). The molecule has 0 aromatic heterocycles. The van der Waals surface area contributed by atoms with E-state index in [1.165, 1.54) is 0 Å². The number of halogens is 8. The molecule has 0 N–H and O–H groups in total. The van der Waals surface area contributed by atoms with Gasteiger partial charge in [-0.15, -0.1) is 11.6 Å². The maximum atomic E-state index is 12.6. The molecule has 0 unspecified atom stereocenters. The summed E-state index contributed by atoms with van der Waals surface area (Å²) in [5.41, 5.74) is -4.08. The van der Waals surface area contributed by atoms with E-state index in [-0.39, 0.29) is 4.47 Å². The Hall–Kier alpha value is -0.430. The summed E-state index contributed by atoms with van der Waals surface area (Å²) in [6.07, 6.45) is -10.2. The molecule has 0 amide bonds. The Balaban J connectivity index is 3.63. The van der Waals surface area contributed by atoms with Crippen LogP contribution in [0.5, 0.6) is 0 Å². The molecular weight excluding hydrogens is 337 g/mol. The van der Waals surface area contributed by atoms with Crippen molar-refractivity contribution in [3.8, 4) is 0 Å². The van der Waals surface area contributed by atoms with Crippen LogP contribution < -0.4 is 0 Å². The number of hydrogen-bond acceptors (Lipinski definition) is 0. The normalized spacial score (nSPS) is 12.9. The molecule has 0 atom stereocenters. The van der Waals surface area contributed by atoms with Gasteiger partial charge in [-0.2, -0.15) is 26.3 Å². The van der Waals surface area contributed by atoms with Crippen molar-refractivity contribution in [2.45, 2.75) is 18.2 Å². The smallest absolute Gasteiger partial charge is 0.166 e. The molecule has 17 heavy (non-hydrogen) atoms. The summed E-state index contributed by atoms with van der Waals surface area (Å²) in [6.45, 7) is 0. The van der Waals surface area contributed by atoms with Crippen LogP contribution in [0.25, 0.3) is 0 Å². The van der Waals surface area contributed by atoms with Gasteiger partial charge in [0.15, 0.2) is 0 Å². The van der Waals surface area contributed by atoms with Gasteiger partial charge in [0.25, 0.3) is 0 Å². The highest BCUT2D eigenvalue weighted by molar-refractivity contribution is 9.10. The summed E-state index contributed by atoms with van der Waals surface area (Å²) < 4.78 is 75.2. The fourth-order valence-corrected chi connectivity index (χ4v) is 2.04. The summed E-state index contributed by atoms with van der Waals surface area (Å²) in [7, 11) is 0. The van der Waals surface area contributed by atoms with E-state index in [0.717, 1.165) is 6.07 Å². The van der Waals surface area contributed by atoms with E-state index in [1.807, 2.05) is 0 Å². The van der Waals surface area contributed by atoms with Crippen LogP contribution in [0.2, 0.25) is 0 Å². The Morgan fingerprint density at radius 2 is 1.53 bits per heavy atom. The van der Waals surface area contributed by atoms with Crippen molar-refractivity contribution >= 4 is 27.5 Å². The molecule has 0 radical (unpaired) electrons. The standard InChI is InChI=1S/C9H4BrClF6/c10-5-1-4(3-11)7(9(15,16)17)6(2-5)8(12,13)14/h1-2H,3H2. The summed E-state index contributed by atoms with van der Waals surface area (Å²) >= 11 is 7.97. The summed E-state index contributed by atoms with van der Waals surface area (Å²) in [4.78, 5) is 0. The van der Waals surface area contributed by atoms with Gasteiger partial charge in [0.2, 0.25) is 0 Å². The maximum Gasteiger partial charge on any atom is 0.417 e. The van der Waals surface area contributed by atoms with Crippen molar-refractivity contribution in [2.75, 3.05) is 0 Å². The molecule has 0 nitrogen and oxygen atoms in total. The summed E-state index contributed by atoms with van der Waals surface area (Å²) in [5.74, 6) is -0.655. The van der Waals surface area contributed by atoms with Gasteiger partial charge in [-0.25, -0.2) is 0 Å². The molecule has 0 aliphatic rings. The lowest BCUT2D eigenvalue weighted by Crippen LogP contribution is -2.18. The highest BCUT2D eigenvalue weighted by Crippen LogP contribution is 2.43. The van der Waals surface area contributed by atoms with E-state index in [1.54, 1.807) is 0 Å². The molecule has 0 aliphatic heterocycles. The van der Waals surface area contributed by atoms with E-state index in [0.29, 0.717) is 6.07 Å². The van der Waals surface area contributed by atoms with Gasteiger partial charge in [0.1, 0.15) is 0 Å². The highest BCUT2D eigenvalue weighted by atomic mass is 79.9. The molecule has 0 heterocycles. The molecule has 0 saturated carbocycles. The van der Waals surface area contributed by atoms with Crippen LogP contribution in [0.4, 0.5) is 26.3 Å². The van der Waals surface area contributed by atoms with Crippen molar-refractivity contribution in [2.24, 2.45) is 0 Å². The van der Waals surface area contributed by atoms with Gasteiger partial charge in [0.05, 0.1) is 11.1 Å². The van der Waals surface area contributed by atoms with Crippen molar-refractivity contribution in [1.82, 2.24) is 0 Å². The van der Waals surface area contributed by atoms with Crippen LogP contribution in [0, 0.1) is 0 Å². The summed E-state index contributed by atoms with van der Waals surface area (Å²) in [6, 6.07) is 1.31. The molecule has 96 valence electrons. The number of rotatable bonds is 1. The minimum Gasteiger partial charge on any atom is -0.166 e. The van der Waals surface area contributed by atoms with Crippen LogP contribution in [0.3, 0.4) is 0 Å². The Morgan fingerprint density at radius 1 is 1.00 bits per heavy atom. The first-order valence-corrected chi connectivity index (χ1v) is 5.43. The predicted octanol–water partition coefficient (Wildman–Crippen LogP) is 5.23. The van der Waals surface area contributed by atoms with Crippen molar-refractivity contribution in [3.05, 3.63) is 33.3 Å². The van der Waals surface area contributed by atoms with E-state index in [2.05, 4.69) is 15.9 Å². The van der Waals surface area contributed by atoms with E-state index in [9.17, 15) is 26.3 Å². The topological polar surface area (TPSA) is 0 Å². The van der Waals surface area contributed by atoms with Crippen LogP contribution in [0.15, 0.2) is 16.6 Å². The fraction of sp³-hybridized carbons (Fsp3) is 0.333. The van der Waals surface area contributed by atoms with Gasteiger partial charge in [0, 0.05) is 10.4 Å². The second-order valence-corrected chi connectivity index (χ2v) is 4.30. The summed E-state index contributed by atoms with van der Waals surface area (Å²) in [5, 5.41) is 0. The molecule has 0 aliphatic carbocycles. The molecule has 1 aromatic carbocycles. The number of hydrogen-bond donors (Lipinski definition) is 0. The van der Waals surface area contributed by atoms with Crippen LogP contribution in [0.1, 0.15) is 16.7 Å². The van der Waals surface area contributed by atoms with Gasteiger partial charge in [-0.1, -0.05) is 15.9 Å². The van der Waals surface area contributed by atoms with Crippen molar-refractivity contribution in [3.63, 3.8) is 0 Å². The third-order valence-electron chi connectivity index (χ3n) is 1.92. The monoisotopic (exact) mass is 340 g/mol. The molecule has 0 fully saturated rings. The van der Waals surface area contributed by atoms with Gasteiger partial charge in [-0.3, -0.25) is 0 Å². The van der Waals surface area contributed by atoms with Crippen LogP contribution in [-0.4, -0.2) is 0 Å². The first-order chi connectivity index (χ1) is 7.57. The lowest BCUT2D eigenvalue weighted by molar-refractivity contribution is -0.162. The Kier molecular flexibility index (Phi) is 4.03. The molecular formula is C9H4BrClF6. The zero-order chi connectivity index (χ0) is 13.4. The van der Waals surface area contributed by atoms with E-state index >= 15 is 0 Å². The van der Waals surface area contributed by atoms with E-state index in [4.69, 9.17) is 11.6 Å². The molecule has 1 aromatic rings. The highest BCUT2D eigenvalue weighted by Gasteiger charge is 2.44. The van der Waals surface area contributed by atoms with Crippen LogP contribution in [-0.2, 0) is 18.2 Å². The Bertz CT molecular complexity index is 423. The van der Waals surface area contributed by atoms with Crippen LogP contribution >= 0.6 is 27.5 Å². The molecule has 0 bridgehead atoms. The van der Waals surface area contributed by atoms with Gasteiger partial charge in [-0.05, 0) is 17.7 Å². The van der Waals surface area contributed by atoms with Gasteiger partial charge >= 0.3 is 12.4 Å². The lowest BCUT2D eigenvalue weighted by Gasteiger charge is -2.18. The van der Waals surface area contributed by atoms with Crippen molar-refractivity contribution in [1.29, 1.82) is 0 Å². The first kappa shape index (κ1) is 14.6. The number of alkyl halides is 7. The fourth-order valence-electron chi connectivity index (χ4n) is 1.33. The third-order valence-corrected chi connectivity index (χ3v) is 2.66. The Morgan fingerprint density at radius 3 is 1.88 bits per heavy atom. The maximum absolute atomic E-state index is 12.6. The zero-order valence-electron chi connectivity index (χ0n) is 7.89. The molecule has 8 heteroatoms. The average Bonchev–Trinajstić information content (AvgIpc) is 2.12. The second-order valence-electron chi connectivity index (χ2n) is 3.12. The second kappa shape index (κ2) is 4.68. The van der Waals surface area contributed by atoms with Gasteiger partial charge < -0.3 is 0 Å². The zero-order valence-corrected chi connectivity index (χ0v) is 10.2. The molecule has 0 saturated heterocycles. The third kappa shape index (κ3) is 3.28. The quantitative estimate of drug-likeness (QED) is 0.485. The number of benzene rings is 1. The average molecular weight is 341 g/mol.